The Morgan fingerprint density at radius 1 is 1.44 bits per heavy atom. The molecule has 0 bridgehead atoms. The second kappa shape index (κ2) is 5.11. The van der Waals surface area contributed by atoms with Crippen molar-refractivity contribution in [1.82, 2.24) is 0 Å². The molecule has 2 rings (SSSR count). The van der Waals surface area contributed by atoms with Gasteiger partial charge in [-0.05, 0) is 22.4 Å². The molecule has 88 valence electrons. The molecule has 2 nitrogen and oxygen atoms in total. The summed E-state index contributed by atoms with van der Waals surface area (Å²) in [6.07, 6.45) is 1.02. The molecule has 1 unspecified atom stereocenters. The summed E-state index contributed by atoms with van der Waals surface area (Å²) < 4.78 is 5.49. The number of fused-ring (bicyclic) bond motifs is 1. The van der Waals surface area contributed by atoms with Crippen LogP contribution in [0.3, 0.4) is 0 Å². The highest BCUT2D eigenvalue weighted by atomic mass is 32.2. The Bertz CT molecular complexity index is 365. The molecule has 0 aromatic heterocycles. The van der Waals surface area contributed by atoms with Crippen LogP contribution in [0.15, 0.2) is 18.2 Å². The first-order valence-electron chi connectivity index (χ1n) is 5.79. The van der Waals surface area contributed by atoms with Gasteiger partial charge in [-0.2, -0.15) is 11.8 Å². The van der Waals surface area contributed by atoms with Crippen molar-refractivity contribution in [2.24, 2.45) is 5.73 Å². The fraction of sp³-hybridized carbons (Fsp3) is 0.538. The minimum atomic E-state index is 0.137. The second-order valence-corrected chi connectivity index (χ2v) is 6.06. The molecular weight excluding hydrogens is 218 g/mol. The van der Waals surface area contributed by atoms with Crippen LogP contribution in [0.4, 0.5) is 0 Å². The predicted molar refractivity (Wildman–Crippen MR) is 70.2 cm³/mol. The van der Waals surface area contributed by atoms with E-state index in [4.69, 9.17) is 10.5 Å². The number of rotatable bonds is 4. The van der Waals surface area contributed by atoms with Gasteiger partial charge in [0, 0.05) is 18.2 Å². The van der Waals surface area contributed by atoms with Crippen LogP contribution in [0.2, 0.25) is 0 Å². The maximum atomic E-state index is 6.18. The Kier molecular flexibility index (Phi) is 3.77. The van der Waals surface area contributed by atoms with Gasteiger partial charge in [-0.1, -0.05) is 26.0 Å². The van der Waals surface area contributed by atoms with Crippen molar-refractivity contribution in [1.29, 1.82) is 0 Å². The second-order valence-electron chi connectivity index (χ2n) is 4.45. The Morgan fingerprint density at radius 2 is 2.25 bits per heavy atom. The van der Waals surface area contributed by atoms with E-state index in [1.807, 2.05) is 11.8 Å². The lowest BCUT2D eigenvalue weighted by Crippen LogP contribution is -2.14. The molecule has 0 saturated carbocycles. The molecule has 2 N–H and O–H groups in total. The molecule has 1 aliphatic heterocycles. The maximum Gasteiger partial charge on any atom is 0.122 e. The Labute approximate surface area is 102 Å². The van der Waals surface area contributed by atoms with Gasteiger partial charge < -0.3 is 10.5 Å². The van der Waals surface area contributed by atoms with Gasteiger partial charge in [-0.3, -0.25) is 0 Å². The van der Waals surface area contributed by atoms with Crippen LogP contribution >= 0.6 is 11.8 Å². The van der Waals surface area contributed by atoms with E-state index in [-0.39, 0.29) is 6.04 Å². The summed E-state index contributed by atoms with van der Waals surface area (Å²) in [6.45, 7) is 5.22. The third-order valence-corrected chi connectivity index (χ3v) is 3.97. The summed E-state index contributed by atoms with van der Waals surface area (Å²) in [5.74, 6) is 2.02. The third kappa shape index (κ3) is 2.71. The first-order chi connectivity index (χ1) is 7.66. The summed E-state index contributed by atoms with van der Waals surface area (Å²) in [4.78, 5) is 0. The molecule has 1 heterocycles. The van der Waals surface area contributed by atoms with E-state index in [1.54, 1.807) is 0 Å². The van der Waals surface area contributed by atoms with E-state index in [0.717, 1.165) is 24.5 Å². The average Bonchev–Trinajstić information content (AvgIpc) is 2.72. The highest BCUT2D eigenvalue weighted by molar-refractivity contribution is 7.99. The van der Waals surface area contributed by atoms with Crippen LogP contribution in [-0.2, 0) is 6.42 Å². The van der Waals surface area contributed by atoms with Crippen molar-refractivity contribution in [3.05, 3.63) is 29.3 Å². The van der Waals surface area contributed by atoms with Crippen LogP contribution < -0.4 is 10.5 Å². The van der Waals surface area contributed by atoms with E-state index >= 15 is 0 Å². The number of hydrogen-bond acceptors (Lipinski definition) is 3. The fourth-order valence-corrected chi connectivity index (χ4v) is 2.61. The van der Waals surface area contributed by atoms with E-state index in [2.05, 4.69) is 32.0 Å². The first-order valence-corrected chi connectivity index (χ1v) is 6.84. The van der Waals surface area contributed by atoms with Gasteiger partial charge in [0.05, 0.1) is 6.61 Å². The summed E-state index contributed by atoms with van der Waals surface area (Å²) in [5.41, 5.74) is 8.72. The number of thioether (sulfide) groups is 1. The molecule has 1 aromatic carbocycles. The van der Waals surface area contributed by atoms with Crippen molar-refractivity contribution < 1.29 is 4.74 Å². The molecule has 0 fully saturated rings. The zero-order chi connectivity index (χ0) is 11.5. The van der Waals surface area contributed by atoms with Gasteiger partial charge in [0.25, 0.3) is 0 Å². The third-order valence-electron chi connectivity index (χ3n) is 2.75. The Balaban J connectivity index is 2.03. The van der Waals surface area contributed by atoms with Gasteiger partial charge in [-0.25, -0.2) is 0 Å². The van der Waals surface area contributed by atoms with Crippen LogP contribution in [0.25, 0.3) is 0 Å². The molecule has 0 amide bonds. The van der Waals surface area contributed by atoms with Crippen molar-refractivity contribution in [2.75, 3.05) is 12.4 Å². The quantitative estimate of drug-likeness (QED) is 0.874. The van der Waals surface area contributed by atoms with Crippen LogP contribution in [-0.4, -0.2) is 17.6 Å². The Morgan fingerprint density at radius 3 is 3.00 bits per heavy atom. The van der Waals surface area contributed by atoms with E-state index < -0.39 is 0 Å². The highest BCUT2D eigenvalue weighted by Crippen LogP contribution is 2.28. The molecular formula is C13H19NOS. The van der Waals surface area contributed by atoms with Gasteiger partial charge in [0.2, 0.25) is 0 Å². The van der Waals surface area contributed by atoms with E-state index in [0.29, 0.717) is 5.25 Å². The Hall–Kier alpha value is -0.670. The van der Waals surface area contributed by atoms with Crippen LogP contribution in [0.5, 0.6) is 5.75 Å². The van der Waals surface area contributed by atoms with Gasteiger partial charge in [0.15, 0.2) is 0 Å². The largest absolute Gasteiger partial charge is 0.493 e. The molecule has 0 aliphatic carbocycles. The minimum absolute atomic E-state index is 0.137. The lowest BCUT2D eigenvalue weighted by Gasteiger charge is -2.14. The lowest BCUT2D eigenvalue weighted by atomic mass is 10.0. The molecule has 16 heavy (non-hydrogen) atoms. The van der Waals surface area contributed by atoms with Crippen molar-refractivity contribution in [3.8, 4) is 5.75 Å². The standard InChI is InChI=1S/C13H19NOS/c1-9(2)16-8-12(14)10-3-4-13-11(7-10)5-6-15-13/h3-4,7,9,12H,5-6,8,14H2,1-2H3. The zero-order valence-corrected chi connectivity index (χ0v) is 10.7. The highest BCUT2D eigenvalue weighted by Gasteiger charge is 2.14. The molecule has 1 aliphatic rings. The van der Waals surface area contributed by atoms with Crippen molar-refractivity contribution in [3.63, 3.8) is 0 Å². The smallest absolute Gasteiger partial charge is 0.122 e. The first kappa shape index (κ1) is 11.8. The predicted octanol–water partition coefficient (Wildman–Crippen LogP) is 2.76. The zero-order valence-electron chi connectivity index (χ0n) is 9.90. The monoisotopic (exact) mass is 237 g/mol. The van der Waals surface area contributed by atoms with Gasteiger partial charge in [0.1, 0.15) is 5.75 Å². The van der Waals surface area contributed by atoms with Gasteiger partial charge >= 0.3 is 0 Å². The summed E-state index contributed by atoms with van der Waals surface area (Å²) in [5, 5.41) is 0.642. The lowest BCUT2D eigenvalue weighted by molar-refractivity contribution is 0.357. The molecule has 1 atom stereocenters. The maximum absolute atomic E-state index is 6.18. The number of nitrogens with two attached hydrogens (primary N) is 1. The van der Waals surface area contributed by atoms with E-state index in [9.17, 15) is 0 Å². The molecule has 3 heteroatoms. The topological polar surface area (TPSA) is 35.2 Å². The fourth-order valence-electron chi connectivity index (χ4n) is 1.83. The summed E-state index contributed by atoms with van der Waals surface area (Å²) in [6, 6.07) is 6.49. The molecule has 0 saturated heterocycles. The summed E-state index contributed by atoms with van der Waals surface area (Å²) in [7, 11) is 0. The van der Waals surface area contributed by atoms with Crippen LogP contribution in [0, 0.1) is 0 Å². The normalized spacial score (nSPS) is 16.0. The number of benzene rings is 1. The number of hydrogen-bond donors (Lipinski definition) is 1. The van der Waals surface area contributed by atoms with E-state index in [1.165, 1.54) is 11.1 Å². The molecule has 1 aromatic rings. The minimum Gasteiger partial charge on any atom is -0.493 e. The van der Waals surface area contributed by atoms with Gasteiger partial charge in [-0.15, -0.1) is 0 Å². The number of ether oxygens (including phenoxy) is 1. The molecule has 0 spiro atoms. The SMILES string of the molecule is CC(C)SCC(N)c1ccc2c(c1)CCO2. The van der Waals surface area contributed by atoms with Crippen LogP contribution in [0.1, 0.15) is 31.0 Å². The molecule has 0 radical (unpaired) electrons. The van der Waals surface area contributed by atoms with Crippen molar-refractivity contribution in [2.45, 2.75) is 31.6 Å². The van der Waals surface area contributed by atoms with Crippen molar-refractivity contribution >= 4 is 11.8 Å². The average molecular weight is 237 g/mol. The summed E-state index contributed by atoms with van der Waals surface area (Å²) >= 11 is 1.91.